The van der Waals surface area contributed by atoms with Crippen molar-refractivity contribution >= 4 is 22.2 Å². The lowest BCUT2D eigenvalue weighted by molar-refractivity contribution is 0.625. The Morgan fingerprint density at radius 1 is 1.39 bits per heavy atom. The summed E-state index contributed by atoms with van der Waals surface area (Å²) in [6.07, 6.45) is 1.83. The summed E-state index contributed by atoms with van der Waals surface area (Å²) in [6.45, 7) is 3.46. The molecule has 0 saturated carbocycles. The lowest BCUT2D eigenvalue weighted by Gasteiger charge is -2.20. The van der Waals surface area contributed by atoms with Crippen molar-refractivity contribution in [3.05, 3.63) is 41.2 Å². The molecule has 2 aromatic rings. The quantitative estimate of drug-likeness (QED) is 0.900. The molecule has 96 valence electrons. The molecule has 3 nitrogen and oxygen atoms in total. The lowest BCUT2D eigenvalue weighted by Crippen LogP contribution is -2.16. The van der Waals surface area contributed by atoms with Gasteiger partial charge in [0.15, 0.2) is 5.13 Å². The van der Waals surface area contributed by atoms with E-state index in [1.807, 2.05) is 31.1 Å². The van der Waals surface area contributed by atoms with Gasteiger partial charge in [0.25, 0.3) is 0 Å². The summed E-state index contributed by atoms with van der Waals surface area (Å²) in [5.41, 5.74) is 0.574. The van der Waals surface area contributed by atoms with Crippen LogP contribution in [-0.2, 0) is 6.54 Å². The second-order valence-corrected chi connectivity index (χ2v) is 4.93. The maximum absolute atomic E-state index is 13.8. The highest BCUT2D eigenvalue weighted by Crippen LogP contribution is 2.30. The van der Waals surface area contributed by atoms with E-state index in [0.717, 1.165) is 16.6 Å². The number of benzene rings is 1. The zero-order valence-corrected chi connectivity index (χ0v) is 11.3. The summed E-state index contributed by atoms with van der Waals surface area (Å²) in [7, 11) is 1.90. The van der Waals surface area contributed by atoms with Gasteiger partial charge in [-0.05, 0) is 26.1 Å². The Hall–Kier alpha value is -1.46. The van der Waals surface area contributed by atoms with Crippen molar-refractivity contribution in [3.63, 3.8) is 0 Å². The molecular formula is C13H16FN3S. The summed E-state index contributed by atoms with van der Waals surface area (Å²) >= 11 is 1.58. The standard InChI is InChI=1S/C13H16FN3S/c1-3-17(12-7-5-4-6-11(12)14)13-16-9-10(18-13)8-15-2/h4-7,9,15H,3,8H2,1-2H3. The predicted molar refractivity (Wildman–Crippen MR) is 74.0 cm³/mol. The first kappa shape index (κ1) is 13.0. The van der Waals surface area contributed by atoms with Gasteiger partial charge in [-0.1, -0.05) is 12.1 Å². The van der Waals surface area contributed by atoms with Crippen molar-refractivity contribution in [2.75, 3.05) is 18.5 Å². The van der Waals surface area contributed by atoms with Crippen LogP contribution >= 0.6 is 11.3 Å². The van der Waals surface area contributed by atoms with Gasteiger partial charge < -0.3 is 10.2 Å². The summed E-state index contributed by atoms with van der Waals surface area (Å²) in [5.74, 6) is -0.218. The molecule has 2 rings (SSSR count). The second kappa shape index (κ2) is 5.93. The number of thiazole rings is 1. The number of hydrogen-bond donors (Lipinski definition) is 1. The largest absolute Gasteiger partial charge is 0.315 e. The molecule has 0 unspecified atom stereocenters. The number of hydrogen-bond acceptors (Lipinski definition) is 4. The molecule has 0 spiro atoms. The van der Waals surface area contributed by atoms with Gasteiger partial charge in [-0.3, -0.25) is 0 Å². The molecule has 0 aliphatic rings. The third kappa shape index (κ3) is 2.68. The SMILES string of the molecule is CCN(c1ncc(CNC)s1)c1ccccc1F. The maximum atomic E-state index is 13.8. The van der Waals surface area contributed by atoms with E-state index >= 15 is 0 Å². The average Bonchev–Trinajstić information content (AvgIpc) is 2.82. The maximum Gasteiger partial charge on any atom is 0.190 e. The van der Waals surface area contributed by atoms with Crippen LogP contribution in [0.5, 0.6) is 0 Å². The molecule has 1 aromatic heterocycles. The molecule has 0 aliphatic heterocycles. The van der Waals surface area contributed by atoms with E-state index < -0.39 is 0 Å². The topological polar surface area (TPSA) is 28.2 Å². The first-order valence-electron chi connectivity index (χ1n) is 5.87. The van der Waals surface area contributed by atoms with E-state index in [0.29, 0.717) is 12.2 Å². The number of nitrogens with zero attached hydrogens (tertiary/aromatic N) is 2. The fraction of sp³-hybridized carbons (Fsp3) is 0.308. The Balaban J connectivity index is 2.30. The summed E-state index contributed by atoms with van der Waals surface area (Å²) in [5, 5.41) is 3.91. The van der Waals surface area contributed by atoms with Gasteiger partial charge in [0.1, 0.15) is 5.82 Å². The third-order valence-corrected chi connectivity index (χ3v) is 3.60. The van der Waals surface area contributed by atoms with Crippen LogP contribution in [-0.4, -0.2) is 18.6 Å². The van der Waals surface area contributed by atoms with E-state index in [9.17, 15) is 4.39 Å². The molecule has 0 atom stereocenters. The highest BCUT2D eigenvalue weighted by atomic mass is 32.1. The zero-order chi connectivity index (χ0) is 13.0. The molecule has 1 N–H and O–H groups in total. The highest BCUT2D eigenvalue weighted by molar-refractivity contribution is 7.15. The van der Waals surface area contributed by atoms with Crippen LogP contribution in [0.2, 0.25) is 0 Å². The minimum atomic E-state index is -0.218. The molecule has 1 heterocycles. The molecule has 0 amide bonds. The summed E-state index contributed by atoms with van der Waals surface area (Å²) in [4.78, 5) is 7.39. The van der Waals surface area contributed by atoms with Crippen molar-refractivity contribution < 1.29 is 4.39 Å². The van der Waals surface area contributed by atoms with Crippen LogP contribution in [0.4, 0.5) is 15.2 Å². The minimum Gasteiger partial charge on any atom is -0.315 e. The van der Waals surface area contributed by atoms with Crippen LogP contribution in [0.25, 0.3) is 0 Å². The molecule has 0 aliphatic carbocycles. The Kier molecular flexibility index (Phi) is 4.28. The molecule has 0 saturated heterocycles. The van der Waals surface area contributed by atoms with Gasteiger partial charge in [0.05, 0.1) is 5.69 Å². The zero-order valence-electron chi connectivity index (χ0n) is 10.5. The van der Waals surface area contributed by atoms with Gasteiger partial charge in [-0.15, -0.1) is 11.3 Å². The van der Waals surface area contributed by atoms with E-state index in [1.165, 1.54) is 6.07 Å². The Bertz CT molecular complexity index is 512. The van der Waals surface area contributed by atoms with E-state index in [1.54, 1.807) is 23.5 Å². The minimum absolute atomic E-state index is 0.218. The third-order valence-electron chi connectivity index (χ3n) is 2.58. The van der Waals surface area contributed by atoms with E-state index in [2.05, 4.69) is 10.3 Å². The van der Waals surface area contributed by atoms with Crippen LogP contribution in [0.15, 0.2) is 30.5 Å². The molecule has 1 aromatic carbocycles. The summed E-state index contributed by atoms with van der Waals surface area (Å²) < 4.78 is 13.8. The van der Waals surface area contributed by atoms with Gasteiger partial charge >= 0.3 is 0 Å². The fourth-order valence-corrected chi connectivity index (χ4v) is 2.76. The van der Waals surface area contributed by atoms with Gasteiger partial charge in [-0.2, -0.15) is 0 Å². The number of rotatable bonds is 5. The van der Waals surface area contributed by atoms with Crippen LogP contribution in [0.1, 0.15) is 11.8 Å². The van der Waals surface area contributed by atoms with Crippen LogP contribution in [0.3, 0.4) is 0 Å². The number of nitrogens with one attached hydrogen (secondary N) is 1. The lowest BCUT2D eigenvalue weighted by atomic mass is 10.3. The van der Waals surface area contributed by atoms with E-state index in [-0.39, 0.29) is 5.82 Å². The smallest absolute Gasteiger partial charge is 0.190 e. The molecule has 5 heteroatoms. The van der Waals surface area contributed by atoms with Crippen molar-refractivity contribution in [1.82, 2.24) is 10.3 Å². The van der Waals surface area contributed by atoms with Gasteiger partial charge in [0.2, 0.25) is 0 Å². The van der Waals surface area contributed by atoms with Crippen LogP contribution < -0.4 is 10.2 Å². The monoisotopic (exact) mass is 265 g/mol. The first-order valence-corrected chi connectivity index (χ1v) is 6.69. The van der Waals surface area contributed by atoms with Crippen molar-refractivity contribution in [1.29, 1.82) is 0 Å². The Morgan fingerprint density at radius 3 is 2.83 bits per heavy atom. The molecule has 0 radical (unpaired) electrons. The molecular weight excluding hydrogens is 249 g/mol. The highest BCUT2D eigenvalue weighted by Gasteiger charge is 2.14. The van der Waals surface area contributed by atoms with E-state index in [4.69, 9.17) is 0 Å². The van der Waals surface area contributed by atoms with Crippen LogP contribution in [0, 0.1) is 5.82 Å². The first-order chi connectivity index (χ1) is 8.76. The van der Waals surface area contributed by atoms with Gasteiger partial charge in [0, 0.05) is 24.2 Å². The van der Waals surface area contributed by atoms with Gasteiger partial charge in [-0.25, -0.2) is 9.37 Å². The Labute approximate surface area is 110 Å². The van der Waals surface area contributed by atoms with Crippen molar-refractivity contribution in [2.45, 2.75) is 13.5 Å². The normalized spacial score (nSPS) is 10.6. The number of aromatic nitrogens is 1. The van der Waals surface area contributed by atoms with Crippen molar-refractivity contribution in [3.8, 4) is 0 Å². The fourth-order valence-electron chi connectivity index (χ4n) is 1.76. The second-order valence-electron chi connectivity index (χ2n) is 3.84. The molecule has 0 bridgehead atoms. The van der Waals surface area contributed by atoms with Crippen molar-refractivity contribution in [2.24, 2.45) is 0 Å². The molecule has 0 fully saturated rings. The Morgan fingerprint density at radius 2 is 2.17 bits per heavy atom. The molecule has 18 heavy (non-hydrogen) atoms. The predicted octanol–water partition coefficient (Wildman–Crippen LogP) is 3.16. The number of para-hydroxylation sites is 1. The number of anilines is 2. The summed E-state index contributed by atoms with van der Waals surface area (Å²) in [6, 6.07) is 6.78. The average molecular weight is 265 g/mol. The number of halogens is 1.